The molecule has 1 aliphatic carbocycles. The zero-order valence-corrected chi connectivity index (χ0v) is 37.0. The molecule has 0 amide bonds. The van der Waals surface area contributed by atoms with Crippen molar-refractivity contribution in [1.29, 1.82) is 0 Å². The van der Waals surface area contributed by atoms with E-state index in [1.54, 1.807) is 0 Å². The highest BCUT2D eigenvalue weighted by atomic mass is 16.3. The number of anilines is 3. The van der Waals surface area contributed by atoms with E-state index in [-0.39, 0.29) is 5.41 Å². The number of benzene rings is 10. The maximum absolute atomic E-state index is 6.94. The summed E-state index contributed by atoms with van der Waals surface area (Å²) in [7, 11) is 0. The molecule has 0 saturated heterocycles. The summed E-state index contributed by atoms with van der Waals surface area (Å²) in [6.07, 6.45) is 0. The highest BCUT2D eigenvalue weighted by Crippen LogP contribution is 2.56. The molecule has 3 aromatic heterocycles. The molecular weight excluding hydrogens is 817 g/mol. The van der Waals surface area contributed by atoms with E-state index in [2.05, 4.69) is 236 Å². The van der Waals surface area contributed by atoms with Crippen LogP contribution in [-0.4, -0.2) is 4.57 Å². The molecule has 0 spiro atoms. The Hall–Kier alpha value is -8.60. The van der Waals surface area contributed by atoms with E-state index in [0.29, 0.717) is 0 Å². The molecule has 316 valence electrons. The molecule has 0 fully saturated rings. The molecule has 14 rings (SSSR count). The fraction of sp³-hybridized carbons (Fsp3) is 0.0476. The number of aromatic nitrogens is 1. The van der Waals surface area contributed by atoms with Crippen LogP contribution in [0.15, 0.2) is 227 Å². The average Bonchev–Trinajstić information content (AvgIpc) is 4.11. The van der Waals surface area contributed by atoms with Crippen LogP contribution < -0.4 is 4.90 Å². The Morgan fingerprint density at radius 2 is 0.985 bits per heavy atom. The van der Waals surface area contributed by atoms with Crippen LogP contribution in [0.3, 0.4) is 0 Å². The van der Waals surface area contributed by atoms with Crippen molar-refractivity contribution in [1.82, 2.24) is 4.57 Å². The molecule has 13 aromatic rings. The van der Waals surface area contributed by atoms with Crippen LogP contribution >= 0.6 is 0 Å². The first-order valence-corrected chi connectivity index (χ1v) is 23.1. The highest BCUT2D eigenvalue weighted by molar-refractivity contribution is 6.16. The van der Waals surface area contributed by atoms with Gasteiger partial charge in [0, 0.05) is 60.2 Å². The quantitative estimate of drug-likeness (QED) is 0.167. The van der Waals surface area contributed by atoms with Crippen LogP contribution in [-0.2, 0) is 5.41 Å². The molecule has 4 nitrogen and oxygen atoms in total. The van der Waals surface area contributed by atoms with Gasteiger partial charge in [-0.05, 0) is 100 Å². The maximum atomic E-state index is 6.94. The highest BCUT2D eigenvalue weighted by Gasteiger charge is 2.39. The van der Waals surface area contributed by atoms with Gasteiger partial charge in [-0.15, -0.1) is 0 Å². The monoisotopic (exact) mass is 858 g/mol. The van der Waals surface area contributed by atoms with Crippen LogP contribution in [0.1, 0.15) is 25.0 Å². The van der Waals surface area contributed by atoms with Crippen molar-refractivity contribution in [2.24, 2.45) is 0 Å². The number of para-hydroxylation sites is 5. The minimum atomic E-state index is -0.289. The summed E-state index contributed by atoms with van der Waals surface area (Å²) in [6, 6.07) is 79.0. The molecule has 10 aromatic carbocycles. The normalized spacial score (nSPS) is 13.0. The Balaban J connectivity index is 1.07. The van der Waals surface area contributed by atoms with Crippen LogP contribution in [0, 0.1) is 0 Å². The lowest BCUT2D eigenvalue weighted by Gasteiger charge is -2.33. The van der Waals surface area contributed by atoms with Gasteiger partial charge in [-0.2, -0.15) is 0 Å². The van der Waals surface area contributed by atoms with Crippen LogP contribution in [0.4, 0.5) is 17.1 Å². The second-order valence-corrected chi connectivity index (χ2v) is 18.4. The number of hydrogen-bond acceptors (Lipinski definition) is 3. The molecular formula is C63H42N2O2. The van der Waals surface area contributed by atoms with Gasteiger partial charge in [0.05, 0.1) is 22.4 Å². The fourth-order valence-corrected chi connectivity index (χ4v) is 11.5. The van der Waals surface area contributed by atoms with Crippen molar-refractivity contribution in [3.05, 3.63) is 230 Å². The van der Waals surface area contributed by atoms with Gasteiger partial charge in [0.2, 0.25) is 0 Å². The second-order valence-electron chi connectivity index (χ2n) is 18.4. The third-order valence-electron chi connectivity index (χ3n) is 14.4. The summed E-state index contributed by atoms with van der Waals surface area (Å²) in [4.78, 5) is 2.52. The standard InChI is InChI=1S/C63H42N2O2/c1-63(2)52-28-9-3-20-42(52)48-27-16-32-56(61(48)63)65(55-31-12-6-23-45(55)47-26-17-35-59-60(47)49-25-8-14-34-58(49)66-59)41-37-50(62-51(38-41)46-24-7-13-33-57(46)67-62)39-18-15-19-40(36-39)64-53-29-10-4-21-43(53)44-22-5-11-30-54(44)64/h3-38H,1-2H3. The summed E-state index contributed by atoms with van der Waals surface area (Å²) in [5.74, 6) is 0. The van der Waals surface area contributed by atoms with Crippen LogP contribution in [0.2, 0.25) is 0 Å². The minimum absolute atomic E-state index is 0.289. The lowest BCUT2D eigenvalue weighted by molar-refractivity contribution is 0.660. The van der Waals surface area contributed by atoms with Gasteiger partial charge in [0.25, 0.3) is 0 Å². The molecule has 0 unspecified atom stereocenters. The molecule has 3 heterocycles. The lowest BCUT2D eigenvalue weighted by atomic mass is 9.81. The summed E-state index contributed by atoms with van der Waals surface area (Å²) in [5.41, 5.74) is 19.3. The fourth-order valence-electron chi connectivity index (χ4n) is 11.5. The number of nitrogens with zero attached hydrogens (tertiary/aromatic N) is 2. The smallest absolute Gasteiger partial charge is 0.143 e. The Labute approximate surface area is 387 Å². The van der Waals surface area contributed by atoms with E-state index in [9.17, 15) is 0 Å². The van der Waals surface area contributed by atoms with Crippen molar-refractivity contribution in [3.8, 4) is 39.1 Å². The van der Waals surface area contributed by atoms with Gasteiger partial charge in [-0.3, -0.25) is 0 Å². The van der Waals surface area contributed by atoms with E-state index < -0.39 is 0 Å². The number of fused-ring (bicyclic) bond motifs is 12. The van der Waals surface area contributed by atoms with Gasteiger partial charge in [-0.1, -0.05) is 166 Å². The van der Waals surface area contributed by atoms with E-state index in [0.717, 1.165) is 88.9 Å². The number of hydrogen-bond donors (Lipinski definition) is 0. The molecule has 0 atom stereocenters. The van der Waals surface area contributed by atoms with Gasteiger partial charge in [0.1, 0.15) is 22.3 Å². The van der Waals surface area contributed by atoms with Gasteiger partial charge < -0.3 is 18.3 Å². The lowest BCUT2D eigenvalue weighted by Crippen LogP contribution is -2.21. The molecule has 4 heteroatoms. The topological polar surface area (TPSA) is 34.5 Å². The van der Waals surface area contributed by atoms with Crippen molar-refractivity contribution in [2.75, 3.05) is 4.90 Å². The Kier molecular flexibility index (Phi) is 8.00. The largest absolute Gasteiger partial charge is 0.456 e. The van der Waals surface area contributed by atoms with Crippen molar-refractivity contribution in [2.45, 2.75) is 19.3 Å². The van der Waals surface area contributed by atoms with Gasteiger partial charge >= 0.3 is 0 Å². The number of furan rings is 2. The summed E-state index contributed by atoms with van der Waals surface area (Å²) in [6.45, 7) is 4.75. The summed E-state index contributed by atoms with van der Waals surface area (Å²) >= 11 is 0. The first-order valence-electron chi connectivity index (χ1n) is 23.1. The average molecular weight is 859 g/mol. The summed E-state index contributed by atoms with van der Waals surface area (Å²) < 4.78 is 15.8. The van der Waals surface area contributed by atoms with E-state index >= 15 is 0 Å². The van der Waals surface area contributed by atoms with Crippen molar-refractivity contribution >= 4 is 82.7 Å². The van der Waals surface area contributed by atoms with Crippen LogP contribution in [0.5, 0.6) is 0 Å². The summed E-state index contributed by atoms with van der Waals surface area (Å²) in [5, 5.41) is 6.82. The van der Waals surface area contributed by atoms with E-state index in [1.165, 1.54) is 44.1 Å². The molecule has 67 heavy (non-hydrogen) atoms. The molecule has 0 saturated carbocycles. The molecule has 0 bridgehead atoms. The third kappa shape index (κ3) is 5.47. The molecule has 1 aliphatic rings. The Morgan fingerprint density at radius 3 is 1.79 bits per heavy atom. The van der Waals surface area contributed by atoms with Crippen molar-refractivity contribution < 1.29 is 8.83 Å². The first kappa shape index (κ1) is 37.7. The predicted octanol–water partition coefficient (Wildman–Crippen LogP) is 17.7. The third-order valence-corrected chi connectivity index (χ3v) is 14.4. The zero-order valence-electron chi connectivity index (χ0n) is 37.0. The van der Waals surface area contributed by atoms with E-state index in [4.69, 9.17) is 8.83 Å². The first-order chi connectivity index (χ1) is 33.0. The Morgan fingerprint density at radius 1 is 0.403 bits per heavy atom. The van der Waals surface area contributed by atoms with Gasteiger partial charge in [0.15, 0.2) is 0 Å². The SMILES string of the molecule is CC1(C)c2ccccc2-c2cccc(N(c3cc(-c4cccc(-n5c6ccccc6c6ccccc65)c4)c4oc5ccccc5c4c3)c3ccccc3-c3cccc4oc5ccccc5c34)c21. The molecule has 0 N–H and O–H groups in total. The molecule has 0 radical (unpaired) electrons. The predicted molar refractivity (Wildman–Crippen MR) is 278 cm³/mol. The van der Waals surface area contributed by atoms with E-state index in [1.807, 2.05) is 6.07 Å². The Bertz CT molecular complexity index is 4110. The second kappa shape index (κ2) is 14.2. The number of rotatable bonds is 6. The zero-order chi connectivity index (χ0) is 44.4. The van der Waals surface area contributed by atoms with Gasteiger partial charge in [-0.25, -0.2) is 0 Å². The molecule has 0 aliphatic heterocycles. The van der Waals surface area contributed by atoms with Crippen molar-refractivity contribution in [3.63, 3.8) is 0 Å². The maximum Gasteiger partial charge on any atom is 0.143 e. The van der Waals surface area contributed by atoms with Crippen LogP contribution in [0.25, 0.3) is 105 Å². The minimum Gasteiger partial charge on any atom is -0.456 e.